The Hall–Kier alpha value is -2.36. The molecule has 0 bridgehead atoms. The molecule has 1 aliphatic carbocycles. The van der Waals surface area contributed by atoms with Crippen LogP contribution in [0.25, 0.3) is 0 Å². The molecule has 1 N–H and O–H groups in total. The molecule has 120 valence electrons. The summed E-state index contributed by atoms with van der Waals surface area (Å²) in [6, 6.07) is 8.37. The monoisotopic (exact) mass is 309 g/mol. The fourth-order valence-corrected chi connectivity index (χ4v) is 2.97. The predicted molar refractivity (Wildman–Crippen MR) is 90.8 cm³/mol. The number of nitrogens with zero attached hydrogens (tertiary/aromatic N) is 2. The maximum atomic E-state index is 12.2. The van der Waals surface area contributed by atoms with E-state index in [1.54, 1.807) is 0 Å². The lowest BCUT2D eigenvalue weighted by Gasteiger charge is -2.17. The summed E-state index contributed by atoms with van der Waals surface area (Å²) in [6.07, 6.45) is 10.9. The van der Waals surface area contributed by atoms with Gasteiger partial charge >= 0.3 is 0 Å². The molecule has 4 nitrogen and oxygen atoms in total. The average molecular weight is 309 g/mol. The minimum Gasteiger partial charge on any atom is -0.352 e. The number of nitrogens with one attached hydrogen (secondary N) is 1. The second-order valence-electron chi connectivity index (χ2n) is 6.12. The van der Waals surface area contributed by atoms with Gasteiger partial charge in [0.25, 0.3) is 0 Å². The highest BCUT2D eigenvalue weighted by Crippen LogP contribution is 2.18. The Morgan fingerprint density at radius 1 is 1.35 bits per heavy atom. The van der Waals surface area contributed by atoms with E-state index in [4.69, 9.17) is 0 Å². The van der Waals surface area contributed by atoms with E-state index in [0.717, 1.165) is 37.2 Å². The van der Waals surface area contributed by atoms with Crippen LogP contribution in [0.2, 0.25) is 0 Å². The maximum Gasteiger partial charge on any atom is 0.223 e. The normalized spacial score (nSPS) is 17.2. The van der Waals surface area contributed by atoms with Gasteiger partial charge in [-0.3, -0.25) is 4.79 Å². The number of aromatic nitrogens is 2. The SMILES string of the molecule is Cc1nccn1Cc1cccc(CNC(=O)[C@@H]2CC=CCC2)c1. The van der Waals surface area contributed by atoms with E-state index >= 15 is 0 Å². The van der Waals surface area contributed by atoms with Crippen LogP contribution < -0.4 is 5.32 Å². The Morgan fingerprint density at radius 3 is 2.96 bits per heavy atom. The third-order valence-electron chi connectivity index (χ3n) is 4.37. The van der Waals surface area contributed by atoms with E-state index in [-0.39, 0.29) is 11.8 Å². The van der Waals surface area contributed by atoms with E-state index in [1.807, 2.05) is 25.4 Å². The first-order valence-electron chi connectivity index (χ1n) is 8.20. The predicted octanol–water partition coefficient (Wildman–Crippen LogP) is 3.21. The van der Waals surface area contributed by atoms with Gasteiger partial charge in [-0.05, 0) is 37.3 Å². The van der Waals surface area contributed by atoms with Gasteiger partial charge in [-0.15, -0.1) is 0 Å². The van der Waals surface area contributed by atoms with Crippen LogP contribution in [0.1, 0.15) is 36.2 Å². The number of hydrogen-bond donors (Lipinski definition) is 1. The number of rotatable bonds is 5. The van der Waals surface area contributed by atoms with Gasteiger partial charge in [-0.1, -0.05) is 36.4 Å². The van der Waals surface area contributed by atoms with Gasteiger partial charge in [0, 0.05) is 31.4 Å². The standard InChI is InChI=1S/C19H23N3O/c1-15-20-10-11-22(15)14-17-7-5-6-16(12-17)13-21-19(23)18-8-3-2-4-9-18/h2-3,5-7,10-12,18H,4,8-9,13-14H2,1H3,(H,21,23)/t18-/m1/s1. The summed E-state index contributed by atoms with van der Waals surface area (Å²) < 4.78 is 2.12. The average Bonchev–Trinajstić information content (AvgIpc) is 2.99. The number of imidazole rings is 1. The molecule has 1 atom stereocenters. The van der Waals surface area contributed by atoms with Crippen molar-refractivity contribution in [2.45, 2.75) is 39.3 Å². The molecule has 1 aromatic heterocycles. The molecule has 23 heavy (non-hydrogen) atoms. The van der Waals surface area contributed by atoms with Crippen LogP contribution in [-0.2, 0) is 17.9 Å². The van der Waals surface area contributed by atoms with Gasteiger partial charge in [0.15, 0.2) is 0 Å². The van der Waals surface area contributed by atoms with E-state index in [2.05, 4.69) is 45.2 Å². The van der Waals surface area contributed by atoms with E-state index < -0.39 is 0 Å². The first kappa shape index (κ1) is 15.5. The Kier molecular flexibility index (Phi) is 4.91. The van der Waals surface area contributed by atoms with Gasteiger partial charge < -0.3 is 9.88 Å². The van der Waals surface area contributed by atoms with Crippen molar-refractivity contribution in [2.75, 3.05) is 0 Å². The van der Waals surface area contributed by atoms with Gasteiger partial charge in [0.1, 0.15) is 5.82 Å². The molecule has 0 fully saturated rings. The zero-order valence-corrected chi connectivity index (χ0v) is 13.5. The van der Waals surface area contributed by atoms with E-state index in [0.29, 0.717) is 6.54 Å². The Labute approximate surface area is 137 Å². The number of benzene rings is 1. The number of hydrogen-bond acceptors (Lipinski definition) is 2. The number of carbonyl (C=O) groups is 1. The van der Waals surface area contributed by atoms with Crippen molar-refractivity contribution >= 4 is 5.91 Å². The molecule has 0 aliphatic heterocycles. The highest BCUT2D eigenvalue weighted by atomic mass is 16.1. The minimum absolute atomic E-state index is 0.136. The molecule has 3 rings (SSSR count). The number of amides is 1. The van der Waals surface area contributed by atoms with Crippen LogP contribution in [0.3, 0.4) is 0 Å². The van der Waals surface area contributed by atoms with Crippen LogP contribution >= 0.6 is 0 Å². The molecule has 4 heteroatoms. The zero-order chi connectivity index (χ0) is 16.1. The highest BCUT2D eigenvalue weighted by Gasteiger charge is 2.18. The molecule has 0 spiro atoms. The zero-order valence-electron chi connectivity index (χ0n) is 13.5. The molecule has 1 aromatic carbocycles. The highest BCUT2D eigenvalue weighted by molar-refractivity contribution is 5.78. The third-order valence-corrected chi connectivity index (χ3v) is 4.37. The molecular formula is C19H23N3O. The first-order valence-corrected chi connectivity index (χ1v) is 8.20. The van der Waals surface area contributed by atoms with Crippen molar-refractivity contribution in [2.24, 2.45) is 5.92 Å². The third kappa shape index (κ3) is 4.09. The summed E-state index contributed by atoms with van der Waals surface area (Å²) in [7, 11) is 0. The number of allylic oxidation sites excluding steroid dienone is 2. The minimum atomic E-state index is 0.136. The van der Waals surface area contributed by atoms with Crippen LogP contribution in [0.4, 0.5) is 0 Å². The quantitative estimate of drug-likeness (QED) is 0.862. The lowest BCUT2D eigenvalue weighted by molar-refractivity contribution is -0.125. The molecule has 2 aromatic rings. The second kappa shape index (κ2) is 7.27. The Bertz CT molecular complexity index is 702. The van der Waals surface area contributed by atoms with Crippen molar-refractivity contribution < 1.29 is 4.79 Å². The smallest absolute Gasteiger partial charge is 0.223 e. The number of carbonyl (C=O) groups excluding carboxylic acids is 1. The van der Waals surface area contributed by atoms with Gasteiger partial charge in [-0.25, -0.2) is 4.98 Å². The summed E-state index contributed by atoms with van der Waals surface area (Å²) in [5, 5.41) is 3.07. The van der Waals surface area contributed by atoms with Gasteiger partial charge in [0.05, 0.1) is 0 Å². The maximum absolute atomic E-state index is 12.2. The molecule has 0 saturated carbocycles. The van der Waals surface area contributed by atoms with Crippen molar-refractivity contribution in [3.05, 3.63) is 65.8 Å². The molecule has 0 saturated heterocycles. The molecule has 0 unspecified atom stereocenters. The fraction of sp³-hybridized carbons (Fsp3) is 0.368. The topological polar surface area (TPSA) is 46.9 Å². The molecule has 0 radical (unpaired) electrons. The first-order chi connectivity index (χ1) is 11.2. The summed E-state index contributed by atoms with van der Waals surface area (Å²) in [5.41, 5.74) is 2.36. The molecule has 1 amide bonds. The van der Waals surface area contributed by atoms with Crippen LogP contribution in [0.5, 0.6) is 0 Å². The van der Waals surface area contributed by atoms with E-state index in [9.17, 15) is 4.79 Å². The van der Waals surface area contributed by atoms with Crippen molar-refractivity contribution in [3.63, 3.8) is 0 Å². The lowest BCUT2D eigenvalue weighted by atomic mass is 9.93. The van der Waals surface area contributed by atoms with Crippen LogP contribution in [0, 0.1) is 12.8 Å². The molecule has 1 aliphatic rings. The Balaban J connectivity index is 1.58. The van der Waals surface area contributed by atoms with Crippen LogP contribution in [-0.4, -0.2) is 15.5 Å². The summed E-state index contributed by atoms with van der Waals surface area (Å²) in [4.78, 5) is 16.4. The summed E-state index contributed by atoms with van der Waals surface area (Å²) in [6.45, 7) is 3.40. The van der Waals surface area contributed by atoms with Gasteiger partial charge in [-0.2, -0.15) is 0 Å². The second-order valence-corrected chi connectivity index (χ2v) is 6.12. The molecular weight excluding hydrogens is 286 g/mol. The van der Waals surface area contributed by atoms with Crippen molar-refractivity contribution in [1.82, 2.24) is 14.9 Å². The lowest BCUT2D eigenvalue weighted by Crippen LogP contribution is -2.30. The fourth-order valence-electron chi connectivity index (χ4n) is 2.97. The van der Waals surface area contributed by atoms with E-state index in [1.165, 1.54) is 5.56 Å². The van der Waals surface area contributed by atoms with Crippen molar-refractivity contribution in [3.8, 4) is 0 Å². The number of aryl methyl sites for hydroxylation is 1. The largest absolute Gasteiger partial charge is 0.352 e. The van der Waals surface area contributed by atoms with Gasteiger partial charge in [0.2, 0.25) is 5.91 Å². The Morgan fingerprint density at radius 2 is 2.22 bits per heavy atom. The summed E-state index contributed by atoms with van der Waals surface area (Å²) >= 11 is 0. The summed E-state index contributed by atoms with van der Waals surface area (Å²) in [5.74, 6) is 1.32. The van der Waals surface area contributed by atoms with Crippen molar-refractivity contribution in [1.29, 1.82) is 0 Å². The molecule has 1 heterocycles. The van der Waals surface area contributed by atoms with Crippen LogP contribution in [0.15, 0.2) is 48.8 Å².